The fourth-order valence-corrected chi connectivity index (χ4v) is 8.94. The van der Waals surface area contributed by atoms with Crippen molar-refractivity contribution in [1.29, 1.82) is 0 Å². The van der Waals surface area contributed by atoms with Crippen LogP contribution in [0.3, 0.4) is 0 Å². The van der Waals surface area contributed by atoms with Gasteiger partial charge in [-0.2, -0.15) is 0 Å². The molecule has 0 radical (unpaired) electrons. The van der Waals surface area contributed by atoms with Gasteiger partial charge in [0.1, 0.15) is 18.8 Å². The number of carboxylic acids is 1. The van der Waals surface area contributed by atoms with Crippen molar-refractivity contribution >= 4 is 23.9 Å². The summed E-state index contributed by atoms with van der Waals surface area (Å²) in [6.45, 7) is 5.85. The third-order valence-corrected chi connectivity index (χ3v) is 13.6. The SMILES string of the molecule is CC/C=C\C/C=C\C/C=C\C/C=C\CCCCCCC(=O)OCC(COC1OC(C(=O)O)C(O)C(O)C1OC(=O)CCCCCCCCCCCCCCCCC)OC(=O)CCCCCCC/C=C\CCCCCC. The number of carbonyl (C=O) groups is 4. The van der Waals surface area contributed by atoms with E-state index in [2.05, 4.69) is 81.5 Å². The normalized spacial score (nSPS) is 18.5. The Morgan fingerprint density at radius 1 is 0.453 bits per heavy atom. The first-order valence-electron chi connectivity index (χ1n) is 30.3. The Kier molecular flexibility index (Phi) is 47.4. The number of rotatable bonds is 51. The zero-order valence-electron chi connectivity index (χ0n) is 47.5. The van der Waals surface area contributed by atoms with Gasteiger partial charge in [0.2, 0.25) is 0 Å². The van der Waals surface area contributed by atoms with Crippen molar-refractivity contribution in [2.24, 2.45) is 0 Å². The molecule has 0 aromatic heterocycles. The largest absolute Gasteiger partial charge is 0.479 e. The summed E-state index contributed by atoms with van der Waals surface area (Å²) >= 11 is 0. The van der Waals surface area contributed by atoms with Gasteiger partial charge in [0, 0.05) is 19.3 Å². The van der Waals surface area contributed by atoms with Crippen molar-refractivity contribution in [2.45, 2.75) is 302 Å². The molecule has 1 heterocycles. The lowest BCUT2D eigenvalue weighted by Crippen LogP contribution is -2.61. The molecule has 432 valence electrons. The molecule has 0 bridgehead atoms. The minimum atomic E-state index is -1.91. The summed E-state index contributed by atoms with van der Waals surface area (Å²) in [7, 11) is 0. The van der Waals surface area contributed by atoms with Gasteiger partial charge in [0.25, 0.3) is 0 Å². The van der Waals surface area contributed by atoms with E-state index in [0.717, 1.165) is 116 Å². The number of hydrogen-bond donors (Lipinski definition) is 3. The van der Waals surface area contributed by atoms with Gasteiger partial charge in [-0.1, -0.05) is 223 Å². The van der Waals surface area contributed by atoms with Crippen molar-refractivity contribution < 1.29 is 58.2 Å². The number of ether oxygens (including phenoxy) is 5. The van der Waals surface area contributed by atoms with E-state index >= 15 is 0 Å². The molecule has 0 aromatic rings. The highest BCUT2D eigenvalue weighted by atomic mass is 16.7. The van der Waals surface area contributed by atoms with Crippen molar-refractivity contribution in [2.75, 3.05) is 13.2 Å². The number of unbranched alkanes of at least 4 members (excludes halogenated alkanes) is 27. The van der Waals surface area contributed by atoms with Crippen LogP contribution in [0, 0.1) is 0 Å². The molecule has 0 aromatic carbocycles. The summed E-state index contributed by atoms with van der Waals surface area (Å²) in [5.74, 6) is -3.15. The molecule has 0 aliphatic carbocycles. The fraction of sp³-hybridized carbons (Fsp3) is 0.778. The zero-order chi connectivity index (χ0) is 54.7. The zero-order valence-corrected chi connectivity index (χ0v) is 47.5. The van der Waals surface area contributed by atoms with Crippen LogP contribution >= 0.6 is 0 Å². The number of esters is 3. The van der Waals surface area contributed by atoms with Gasteiger partial charge < -0.3 is 39.0 Å². The van der Waals surface area contributed by atoms with E-state index in [1.54, 1.807) is 0 Å². The lowest BCUT2D eigenvalue weighted by Gasteiger charge is -2.40. The minimum absolute atomic E-state index is 0.0599. The molecule has 12 heteroatoms. The molecule has 1 rings (SSSR count). The van der Waals surface area contributed by atoms with Crippen LogP contribution in [0.4, 0.5) is 0 Å². The first-order valence-corrected chi connectivity index (χ1v) is 30.3. The Hall–Kier alpha value is -3.58. The molecular weight excluding hydrogens is 949 g/mol. The summed E-state index contributed by atoms with van der Waals surface area (Å²) in [6, 6.07) is 0. The second-order valence-electron chi connectivity index (χ2n) is 20.6. The first-order chi connectivity index (χ1) is 36.6. The van der Waals surface area contributed by atoms with Crippen LogP contribution < -0.4 is 0 Å². The number of carboxylic acid groups (broad SMARTS) is 1. The third kappa shape index (κ3) is 41.2. The van der Waals surface area contributed by atoms with Crippen molar-refractivity contribution in [3.63, 3.8) is 0 Å². The molecule has 75 heavy (non-hydrogen) atoms. The Morgan fingerprint density at radius 2 is 0.840 bits per heavy atom. The molecule has 0 amide bonds. The number of aliphatic hydroxyl groups excluding tert-OH is 2. The van der Waals surface area contributed by atoms with Crippen LogP contribution in [0.15, 0.2) is 60.8 Å². The molecule has 0 saturated carbocycles. The van der Waals surface area contributed by atoms with E-state index < -0.39 is 67.3 Å². The Bertz CT molecular complexity index is 1540. The van der Waals surface area contributed by atoms with E-state index in [0.29, 0.717) is 19.3 Å². The number of aliphatic hydroxyl groups is 2. The quantitative estimate of drug-likeness (QED) is 0.0228. The lowest BCUT2D eigenvalue weighted by atomic mass is 9.98. The Labute approximate surface area is 456 Å². The summed E-state index contributed by atoms with van der Waals surface area (Å²) in [6.07, 6.45) is 50.4. The first kappa shape index (κ1) is 69.4. The minimum Gasteiger partial charge on any atom is -0.479 e. The second-order valence-corrected chi connectivity index (χ2v) is 20.6. The van der Waals surface area contributed by atoms with Crippen LogP contribution in [0.25, 0.3) is 0 Å². The monoisotopic (exact) mass is 1060 g/mol. The molecule has 1 aliphatic rings. The van der Waals surface area contributed by atoms with Gasteiger partial charge in [0.15, 0.2) is 24.6 Å². The van der Waals surface area contributed by atoms with Crippen molar-refractivity contribution in [1.82, 2.24) is 0 Å². The van der Waals surface area contributed by atoms with Crippen LogP contribution in [0.2, 0.25) is 0 Å². The number of carbonyl (C=O) groups excluding carboxylic acids is 3. The van der Waals surface area contributed by atoms with Gasteiger partial charge >= 0.3 is 23.9 Å². The van der Waals surface area contributed by atoms with E-state index in [4.69, 9.17) is 23.7 Å². The van der Waals surface area contributed by atoms with Gasteiger partial charge in [-0.05, 0) is 83.5 Å². The van der Waals surface area contributed by atoms with Crippen LogP contribution in [0.1, 0.15) is 265 Å². The van der Waals surface area contributed by atoms with E-state index in [1.807, 2.05) is 0 Å². The van der Waals surface area contributed by atoms with Crippen LogP contribution in [-0.2, 0) is 42.9 Å². The van der Waals surface area contributed by atoms with E-state index in [9.17, 15) is 34.5 Å². The smallest absolute Gasteiger partial charge is 0.335 e. The molecule has 12 nitrogen and oxygen atoms in total. The highest BCUT2D eigenvalue weighted by molar-refractivity contribution is 5.74. The standard InChI is InChI=1S/C63H108O12/c1-4-7-10-13-16-19-22-25-27-28-30-32-34-37-40-43-46-49-55(64)71-52-54(73-56(65)50-47-44-41-38-35-31-24-21-18-15-12-9-6-3)53-72-63-61(59(68)58(67)60(75-63)62(69)70)74-57(66)51-48-45-42-39-36-33-29-26-23-20-17-14-11-8-5-2/h7,10,16,19,21,24-25,27,30,32,54,58-61,63,67-68H,4-6,8-9,11-15,17-18,20,22-23,26,28-29,31,33-53H2,1-3H3,(H,69,70)/b10-7-,19-16-,24-21-,27-25-,32-30-. The second kappa shape index (κ2) is 51.2. The number of allylic oxidation sites excluding steroid dienone is 10. The Morgan fingerprint density at radius 3 is 1.31 bits per heavy atom. The van der Waals surface area contributed by atoms with E-state index in [1.165, 1.54) is 89.9 Å². The predicted molar refractivity (Wildman–Crippen MR) is 303 cm³/mol. The number of hydrogen-bond acceptors (Lipinski definition) is 11. The molecule has 3 N–H and O–H groups in total. The molecule has 6 atom stereocenters. The lowest BCUT2D eigenvalue weighted by molar-refractivity contribution is -0.301. The average Bonchev–Trinajstić information content (AvgIpc) is 3.39. The van der Waals surface area contributed by atoms with Crippen LogP contribution in [0.5, 0.6) is 0 Å². The van der Waals surface area contributed by atoms with Gasteiger partial charge in [-0.25, -0.2) is 4.79 Å². The van der Waals surface area contributed by atoms with Gasteiger partial charge in [-0.15, -0.1) is 0 Å². The molecular formula is C63H108O12. The van der Waals surface area contributed by atoms with Crippen LogP contribution in [-0.4, -0.2) is 89.2 Å². The third-order valence-electron chi connectivity index (χ3n) is 13.6. The summed E-state index contributed by atoms with van der Waals surface area (Å²) in [4.78, 5) is 51.1. The fourth-order valence-electron chi connectivity index (χ4n) is 8.94. The highest BCUT2D eigenvalue weighted by Gasteiger charge is 2.50. The molecule has 1 aliphatic heterocycles. The maximum Gasteiger partial charge on any atom is 0.335 e. The Balaban J connectivity index is 2.69. The molecule has 1 saturated heterocycles. The maximum absolute atomic E-state index is 13.1. The predicted octanol–water partition coefficient (Wildman–Crippen LogP) is 15.6. The van der Waals surface area contributed by atoms with E-state index in [-0.39, 0.29) is 25.9 Å². The average molecular weight is 1060 g/mol. The summed E-state index contributed by atoms with van der Waals surface area (Å²) < 4.78 is 28.4. The van der Waals surface area contributed by atoms with Gasteiger partial charge in [-0.3, -0.25) is 14.4 Å². The van der Waals surface area contributed by atoms with Crippen molar-refractivity contribution in [3.8, 4) is 0 Å². The van der Waals surface area contributed by atoms with Crippen molar-refractivity contribution in [3.05, 3.63) is 60.8 Å². The van der Waals surface area contributed by atoms with Gasteiger partial charge in [0.05, 0.1) is 6.61 Å². The molecule has 6 unspecified atom stereocenters. The molecule has 0 spiro atoms. The topological polar surface area (TPSA) is 175 Å². The highest BCUT2D eigenvalue weighted by Crippen LogP contribution is 2.26. The molecule has 1 fully saturated rings. The summed E-state index contributed by atoms with van der Waals surface area (Å²) in [5.41, 5.74) is 0. The number of aliphatic carboxylic acids is 1. The summed E-state index contributed by atoms with van der Waals surface area (Å²) in [5, 5.41) is 31.5. The maximum atomic E-state index is 13.1.